The number of carbonyl (C=O) groups excluding carboxylic acids is 1. The van der Waals surface area contributed by atoms with E-state index in [2.05, 4.69) is 10.7 Å². The number of nitrogens with zero attached hydrogens (tertiary/aromatic N) is 1. The largest absolute Gasteiger partial charge is 0.379 e. The summed E-state index contributed by atoms with van der Waals surface area (Å²) in [6.07, 6.45) is 2.02. The normalized spacial score (nSPS) is 16.3. The summed E-state index contributed by atoms with van der Waals surface area (Å²) in [5.41, 5.74) is 3.58. The predicted octanol–water partition coefficient (Wildman–Crippen LogP) is 1.78. The first-order valence-corrected chi connectivity index (χ1v) is 7.05. The van der Waals surface area contributed by atoms with Crippen LogP contribution in [0.15, 0.2) is 29.2 Å². The Labute approximate surface area is 111 Å². The van der Waals surface area contributed by atoms with E-state index in [1.54, 1.807) is 11.8 Å². The molecule has 1 heterocycles. The lowest BCUT2D eigenvalue weighted by Crippen LogP contribution is -2.49. The van der Waals surface area contributed by atoms with Crippen molar-refractivity contribution in [2.45, 2.75) is 4.90 Å². The highest BCUT2D eigenvalue weighted by Gasteiger charge is 2.12. The molecular weight excluding hydrogens is 250 g/mol. The number of ether oxygens (including phenoxy) is 1. The Hall–Kier alpha value is -1.24. The third-order valence-corrected chi connectivity index (χ3v) is 3.36. The van der Waals surface area contributed by atoms with Gasteiger partial charge in [-0.05, 0) is 30.5 Å². The molecule has 0 radical (unpaired) electrons. The second kappa shape index (κ2) is 6.63. The van der Waals surface area contributed by atoms with Crippen molar-refractivity contribution >= 4 is 23.5 Å². The molecular formula is C12H17N3O2S. The molecule has 1 fully saturated rings. The first-order chi connectivity index (χ1) is 8.78. The van der Waals surface area contributed by atoms with Gasteiger partial charge in [0.25, 0.3) is 0 Å². The Bertz CT molecular complexity index is 391. The van der Waals surface area contributed by atoms with Crippen LogP contribution in [0.3, 0.4) is 0 Å². The van der Waals surface area contributed by atoms with E-state index in [1.165, 1.54) is 4.90 Å². The minimum Gasteiger partial charge on any atom is -0.379 e. The third kappa shape index (κ3) is 3.90. The highest BCUT2D eigenvalue weighted by Crippen LogP contribution is 2.17. The van der Waals surface area contributed by atoms with Crippen LogP contribution in [0.1, 0.15) is 0 Å². The maximum atomic E-state index is 11.7. The zero-order valence-electron chi connectivity index (χ0n) is 10.3. The molecule has 1 aromatic rings. The summed E-state index contributed by atoms with van der Waals surface area (Å²) < 4.78 is 5.21. The average Bonchev–Trinajstić information content (AvgIpc) is 2.40. The van der Waals surface area contributed by atoms with Gasteiger partial charge >= 0.3 is 6.03 Å². The maximum absolute atomic E-state index is 11.7. The minimum absolute atomic E-state index is 0.214. The summed E-state index contributed by atoms with van der Waals surface area (Å²) >= 11 is 1.67. The van der Waals surface area contributed by atoms with Gasteiger partial charge in [0.2, 0.25) is 0 Å². The number of rotatable bonds is 3. The lowest BCUT2D eigenvalue weighted by atomic mass is 10.3. The molecule has 0 saturated carbocycles. The van der Waals surface area contributed by atoms with Crippen molar-refractivity contribution in [3.05, 3.63) is 24.3 Å². The molecule has 5 nitrogen and oxygen atoms in total. The quantitative estimate of drug-likeness (QED) is 0.820. The molecule has 1 aliphatic heterocycles. The summed E-state index contributed by atoms with van der Waals surface area (Å²) in [6.45, 7) is 2.75. The highest BCUT2D eigenvalue weighted by atomic mass is 32.2. The molecule has 0 bridgehead atoms. The standard InChI is InChI=1S/C12H17N3O2S/c1-18-11-4-2-10(3-5-11)13-12(16)14-15-6-8-17-9-7-15/h2-5H,6-9H2,1H3,(H2,13,14,16). The zero-order chi connectivity index (χ0) is 12.8. The number of anilines is 1. The van der Waals surface area contributed by atoms with Crippen LogP contribution in [0.5, 0.6) is 0 Å². The van der Waals surface area contributed by atoms with Crippen molar-refractivity contribution in [3.63, 3.8) is 0 Å². The zero-order valence-corrected chi connectivity index (χ0v) is 11.1. The van der Waals surface area contributed by atoms with E-state index in [9.17, 15) is 4.79 Å². The second-order valence-electron chi connectivity index (χ2n) is 3.89. The van der Waals surface area contributed by atoms with Crippen LogP contribution in [0.2, 0.25) is 0 Å². The molecule has 1 aliphatic rings. The molecule has 6 heteroatoms. The molecule has 2 N–H and O–H groups in total. The number of hydrazine groups is 1. The van der Waals surface area contributed by atoms with Crippen LogP contribution < -0.4 is 10.7 Å². The number of hydrogen-bond donors (Lipinski definition) is 2. The molecule has 98 valence electrons. The highest BCUT2D eigenvalue weighted by molar-refractivity contribution is 7.98. The molecule has 0 unspecified atom stereocenters. The van der Waals surface area contributed by atoms with E-state index < -0.39 is 0 Å². The Kier molecular flexibility index (Phi) is 4.86. The molecule has 0 aromatic heterocycles. The maximum Gasteiger partial charge on any atom is 0.333 e. The van der Waals surface area contributed by atoms with E-state index in [0.29, 0.717) is 13.2 Å². The van der Waals surface area contributed by atoms with Crippen LogP contribution in [0.25, 0.3) is 0 Å². The number of thioether (sulfide) groups is 1. The number of benzene rings is 1. The average molecular weight is 267 g/mol. The van der Waals surface area contributed by atoms with Crippen LogP contribution in [0.4, 0.5) is 10.5 Å². The molecule has 18 heavy (non-hydrogen) atoms. The smallest absolute Gasteiger partial charge is 0.333 e. The number of carbonyl (C=O) groups is 1. The van der Waals surface area contributed by atoms with Crippen LogP contribution in [0, 0.1) is 0 Å². The topological polar surface area (TPSA) is 53.6 Å². The van der Waals surface area contributed by atoms with Gasteiger partial charge in [0.05, 0.1) is 13.2 Å². The first kappa shape index (κ1) is 13.2. The lowest BCUT2D eigenvalue weighted by molar-refractivity contribution is 0.0207. The fourth-order valence-electron chi connectivity index (χ4n) is 1.65. The van der Waals surface area contributed by atoms with Gasteiger partial charge in [0, 0.05) is 23.7 Å². The van der Waals surface area contributed by atoms with Gasteiger partial charge in [-0.2, -0.15) is 0 Å². The van der Waals surface area contributed by atoms with Crippen molar-refractivity contribution in [2.75, 3.05) is 37.9 Å². The Morgan fingerprint density at radius 3 is 2.56 bits per heavy atom. The van der Waals surface area contributed by atoms with Crippen molar-refractivity contribution in [2.24, 2.45) is 0 Å². The Balaban J connectivity index is 1.82. The Morgan fingerprint density at radius 2 is 1.94 bits per heavy atom. The van der Waals surface area contributed by atoms with E-state index in [1.807, 2.05) is 35.5 Å². The summed E-state index contributed by atoms with van der Waals surface area (Å²) in [5, 5.41) is 4.65. The summed E-state index contributed by atoms with van der Waals surface area (Å²) in [4.78, 5) is 12.9. The lowest BCUT2D eigenvalue weighted by Gasteiger charge is -2.26. The molecule has 1 saturated heterocycles. The van der Waals surface area contributed by atoms with Crippen LogP contribution in [-0.4, -0.2) is 43.6 Å². The molecule has 0 atom stereocenters. The summed E-state index contributed by atoms with van der Waals surface area (Å²) in [6, 6.07) is 7.54. The molecule has 2 rings (SSSR count). The third-order valence-electron chi connectivity index (χ3n) is 2.62. The fraction of sp³-hybridized carbons (Fsp3) is 0.417. The summed E-state index contributed by atoms with van der Waals surface area (Å²) in [5.74, 6) is 0. The first-order valence-electron chi connectivity index (χ1n) is 5.82. The number of morpholine rings is 1. The van der Waals surface area contributed by atoms with E-state index in [0.717, 1.165) is 18.8 Å². The van der Waals surface area contributed by atoms with Gasteiger partial charge in [-0.3, -0.25) is 5.43 Å². The molecule has 0 aliphatic carbocycles. The fourth-order valence-corrected chi connectivity index (χ4v) is 2.06. The minimum atomic E-state index is -0.214. The van der Waals surface area contributed by atoms with Crippen molar-refractivity contribution in [1.82, 2.24) is 10.4 Å². The van der Waals surface area contributed by atoms with Crippen molar-refractivity contribution < 1.29 is 9.53 Å². The van der Waals surface area contributed by atoms with Gasteiger partial charge in [-0.1, -0.05) is 0 Å². The van der Waals surface area contributed by atoms with Gasteiger partial charge in [0.15, 0.2) is 0 Å². The monoisotopic (exact) mass is 267 g/mol. The van der Waals surface area contributed by atoms with Crippen LogP contribution >= 0.6 is 11.8 Å². The second-order valence-corrected chi connectivity index (χ2v) is 4.77. The number of urea groups is 1. The molecule has 1 aromatic carbocycles. The Morgan fingerprint density at radius 1 is 1.28 bits per heavy atom. The number of hydrogen-bond acceptors (Lipinski definition) is 4. The predicted molar refractivity (Wildman–Crippen MR) is 72.8 cm³/mol. The van der Waals surface area contributed by atoms with Crippen molar-refractivity contribution in [3.8, 4) is 0 Å². The van der Waals surface area contributed by atoms with Gasteiger partial charge in [-0.25, -0.2) is 9.80 Å². The summed E-state index contributed by atoms with van der Waals surface area (Å²) in [7, 11) is 0. The SMILES string of the molecule is CSc1ccc(NC(=O)NN2CCOCC2)cc1. The van der Waals surface area contributed by atoms with E-state index in [4.69, 9.17) is 4.74 Å². The number of nitrogens with one attached hydrogen (secondary N) is 2. The van der Waals surface area contributed by atoms with Gasteiger partial charge in [0.1, 0.15) is 0 Å². The van der Waals surface area contributed by atoms with Crippen molar-refractivity contribution in [1.29, 1.82) is 0 Å². The van der Waals surface area contributed by atoms with E-state index >= 15 is 0 Å². The molecule has 0 spiro atoms. The van der Waals surface area contributed by atoms with Gasteiger partial charge < -0.3 is 10.1 Å². The van der Waals surface area contributed by atoms with Gasteiger partial charge in [-0.15, -0.1) is 11.8 Å². The van der Waals surface area contributed by atoms with E-state index in [-0.39, 0.29) is 6.03 Å². The number of amides is 2. The molecule has 2 amide bonds. The van der Waals surface area contributed by atoms with Crippen LogP contribution in [-0.2, 0) is 4.74 Å².